The lowest BCUT2D eigenvalue weighted by molar-refractivity contribution is -0.227. The Morgan fingerprint density at radius 3 is 1.98 bits per heavy atom. The van der Waals surface area contributed by atoms with Gasteiger partial charge in [0, 0.05) is 25.2 Å². The molecule has 0 amide bonds. The van der Waals surface area contributed by atoms with Crippen LogP contribution in [0.15, 0.2) is 0 Å². The van der Waals surface area contributed by atoms with Gasteiger partial charge in [-0.2, -0.15) is 0 Å². The van der Waals surface area contributed by atoms with E-state index >= 15 is 0 Å². The van der Waals surface area contributed by atoms with Gasteiger partial charge in [-0.1, -0.05) is 79.1 Å². The average Bonchev–Trinajstić information content (AvgIpc) is 3.49. The summed E-state index contributed by atoms with van der Waals surface area (Å²) in [6.45, 7) is 17.0. The van der Waals surface area contributed by atoms with Gasteiger partial charge >= 0.3 is 0 Å². The SMILES string of the molecule is CCCCCCCCCCCNCCC[C@@H](C)[C@H]1CC[C@H]2C3[C@H](OCCCN)CC4C[C@H](OCCCN)CC[C@]4(C)[C@H]3C[C@H](OCCCN)C12C. The van der Waals surface area contributed by atoms with Gasteiger partial charge in [0.25, 0.3) is 0 Å². The molecule has 0 heterocycles. The van der Waals surface area contributed by atoms with Gasteiger partial charge in [-0.15, -0.1) is 0 Å². The summed E-state index contributed by atoms with van der Waals surface area (Å²) in [5.41, 5.74) is 18.3. The molecule has 51 heavy (non-hydrogen) atoms. The Bertz CT molecular complexity index is 925. The third kappa shape index (κ3) is 11.6. The number of ether oxygens (including phenoxy) is 3. The fraction of sp³-hybridized carbons (Fsp3) is 1.00. The molecule has 0 aromatic heterocycles. The summed E-state index contributed by atoms with van der Waals surface area (Å²) in [5, 5.41) is 3.80. The van der Waals surface area contributed by atoms with Crippen molar-refractivity contribution < 1.29 is 14.2 Å². The normalized spacial score (nSPS) is 35.4. The van der Waals surface area contributed by atoms with Gasteiger partial charge in [0.1, 0.15) is 0 Å². The van der Waals surface area contributed by atoms with Crippen LogP contribution in [-0.2, 0) is 14.2 Å². The van der Waals surface area contributed by atoms with E-state index in [2.05, 4.69) is 33.0 Å². The molecular weight excluding hydrogens is 633 g/mol. The zero-order valence-electron chi connectivity index (χ0n) is 34.2. The molecule has 4 fully saturated rings. The fourth-order valence-corrected chi connectivity index (χ4v) is 12.0. The number of unbranched alkanes of at least 4 members (excludes halogenated alkanes) is 8. The largest absolute Gasteiger partial charge is 0.378 e. The van der Waals surface area contributed by atoms with Crippen LogP contribution in [0.3, 0.4) is 0 Å². The van der Waals surface area contributed by atoms with E-state index in [0.717, 1.165) is 52.0 Å². The predicted molar refractivity (Wildman–Crippen MR) is 215 cm³/mol. The monoisotopic (exact) mass is 719 g/mol. The topological polar surface area (TPSA) is 118 Å². The molecule has 4 rings (SSSR count). The highest BCUT2D eigenvalue weighted by atomic mass is 16.5. The first-order valence-corrected chi connectivity index (χ1v) is 22.5. The lowest BCUT2D eigenvalue weighted by atomic mass is 9.43. The highest BCUT2D eigenvalue weighted by Crippen LogP contribution is 2.69. The van der Waals surface area contributed by atoms with E-state index in [-0.39, 0.29) is 5.41 Å². The summed E-state index contributed by atoms with van der Waals surface area (Å²) in [4.78, 5) is 0. The van der Waals surface area contributed by atoms with Gasteiger partial charge in [-0.3, -0.25) is 0 Å². The average molecular weight is 719 g/mol. The van der Waals surface area contributed by atoms with Crippen LogP contribution in [0.1, 0.15) is 163 Å². The number of nitrogens with one attached hydrogen (secondary N) is 1. The second-order valence-corrected chi connectivity index (χ2v) is 18.2. The predicted octanol–water partition coefficient (Wildman–Crippen LogP) is 8.60. The highest BCUT2D eigenvalue weighted by molar-refractivity contribution is 5.15. The zero-order chi connectivity index (χ0) is 36.5. The molecule has 0 saturated heterocycles. The molecule has 4 aliphatic carbocycles. The minimum absolute atomic E-state index is 0.181. The summed E-state index contributed by atoms with van der Waals surface area (Å²) in [6, 6.07) is 0. The number of rotatable bonds is 27. The van der Waals surface area contributed by atoms with Gasteiger partial charge in [0.2, 0.25) is 0 Å². The molecule has 300 valence electrons. The van der Waals surface area contributed by atoms with E-state index < -0.39 is 0 Å². The first-order valence-electron chi connectivity index (χ1n) is 22.5. The highest BCUT2D eigenvalue weighted by Gasteiger charge is 2.66. The number of hydrogen-bond acceptors (Lipinski definition) is 7. The van der Waals surface area contributed by atoms with Crippen LogP contribution in [-0.4, -0.2) is 70.9 Å². The molecule has 4 aliphatic rings. The zero-order valence-corrected chi connectivity index (χ0v) is 34.2. The Balaban J connectivity index is 1.38. The maximum atomic E-state index is 7.05. The molecule has 0 spiro atoms. The summed E-state index contributed by atoms with van der Waals surface area (Å²) >= 11 is 0. The van der Waals surface area contributed by atoms with Crippen LogP contribution >= 0.6 is 0 Å². The van der Waals surface area contributed by atoms with Crippen molar-refractivity contribution in [1.29, 1.82) is 0 Å². The van der Waals surface area contributed by atoms with Crippen molar-refractivity contribution in [3.63, 3.8) is 0 Å². The molecular formula is C44H86N4O3. The third-order valence-electron chi connectivity index (χ3n) is 15.0. The maximum Gasteiger partial charge on any atom is 0.0637 e. The quantitative estimate of drug-likeness (QED) is 0.0629. The first-order chi connectivity index (χ1) is 24.8. The van der Waals surface area contributed by atoms with Gasteiger partial charge in [0.15, 0.2) is 0 Å². The van der Waals surface area contributed by atoms with Crippen LogP contribution in [0.5, 0.6) is 0 Å². The van der Waals surface area contributed by atoms with Crippen molar-refractivity contribution in [2.45, 2.75) is 181 Å². The van der Waals surface area contributed by atoms with E-state index in [1.54, 1.807) is 0 Å². The molecule has 7 N–H and O–H groups in total. The molecule has 4 saturated carbocycles. The molecule has 7 heteroatoms. The van der Waals surface area contributed by atoms with Crippen molar-refractivity contribution in [3.8, 4) is 0 Å². The third-order valence-corrected chi connectivity index (χ3v) is 15.0. The minimum Gasteiger partial charge on any atom is -0.378 e. The molecule has 0 aromatic rings. The second-order valence-electron chi connectivity index (χ2n) is 18.2. The lowest BCUT2D eigenvalue weighted by Gasteiger charge is -2.65. The van der Waals surface area contributed by atoms with Gasteiger partial charge < -0.3 is 36.7 Å². The molecule has 0 radical (unpaired) electrons. The van der Waals surface area contributed by atoms with E-state index in [1.807, 2.05) is 0 Å². The molecule has 11 atom stereocenters. The Kier molecular flexibility index (Phi) is 19.5. The van der Waals surface area contributed by atoms with Crippen molar-refractivity contribution in [2.75, 3.05) is 52.5 Å². The van der Waals surface area contributed by atoms with E-state index in [0.29, 0.717) is 78.9 Å². The van der Waals surface area contributed by atoms with Crippen molar-refractivity contribution in [1.82, 2.24) is 5.32 Å². The van der Waals surface area contributed by atoms with Gasteiger partial charge in [0.05, 0.1) is 18.3 Å². The van der Waals surface area contributed by atoms with Crippen LogP contribution < -0.4 is 22.5 Å². The van der Waals surface area contributed by atoms with Crippen molar-refractivity contribution in [3.05, 3.63) is 0 Å². The van der Waals surface area contributed by atoms with E-state index in [1.165, 1.54) is 116 Å². The van der Waals surface area contributed by atoms with Crippen molar-refractivity contribution in [2.24, 2.45) is 63.5 Å². The first kappa shape index (κ1) is 43.4. The lowest BCUT2D eigenvalue weighted by Crippen LogP contribution is -2.63. The van der Waals surface area contributed by atoms with Crippen LogP contribution in [0.25, 0.3) is 0 Å². The van der Waals surface area contributed by atoms with Crippen LogP contribution in [0, 0.1) is 46.3 Å². The Labute approximate surface area is 315 Å². The summed E-state index contributed by atoms with van der Waals surface area (Å²) in [6.07, 6.45) is 27.6. The summed E-state index contributed by atoms with van der Waals surface area (Å²) in [5.74, 6) is 3.92. The Hall–Kier alpha value is -0.280. The van der Waals surface area contributed by atoms with Gasteiger partial charge in [-0.25, -0.2) is 0 Å². The maximum absolute atomic E-state index is 7.05. The second kappa shape index (κ2) is 22.9. The Morgan fingerprint density at radius 1 is 0.667 bits per heavy atom. The molecule has 3 unspecified atom stereocenters. The summed E-state index contributed by atoms with van der Waals surface area (Å²) < 4.78 is 20.4. The molecule has 7 nitrogen and oxygen atoms in total. The number of hydrogen-bond donors (Lipinski definition) is 4. The molecule has 0 aliphatic heterocycles. The van der Waals surface area contributed by atoms with Crippen LogP contribution in [0.2, 0.25) is 0 Å². The fourth-order valence-electron chi connectivity index (χ4n) is 12.0. The van der Waals surface area contributed by atoms with Crippen molar-refractivity contribution >= 4 is 0 Å². The summed E-state index contributed by atoms with van der Waals surface area (Å²) in [7, 11) is 0. The molecule has 0 aromatic carbocycles. The van der Waals surface area contributed by atoms with E-state index in [4.69, 9.17) is 31.4 Å². The smallest absolute Gasteiger partial charge is 0.0637 e. The molecule has 0 bridgehead atoms. The minimum atomic E-state index is 0.181. The standard InChI is InChI=1S/C44H86N4O3/c1-5-6-7-8-9-10-11-12-13-26-48-27-14-18-34(2)37-19-20-38-42-39(33-41(44(37,38)4)51-30-17-25-47)43(3)22-21-36(49-28-15-23-45)31-35(43)32-40(42)50-29-16-24-46/h34-42,48H,5-33,45-47H2,1-4H3/t34-,35?,36-,37-,38+,39+,40-,41+,42?,43+,44?/m1/s1. The Morgan fingerprint density at radius 2 is 1.29 bits per heavy atom. The number of fused-ring (bicyclic) bond motifs is 5. The van der Waals surface area contributed by atoms with Crippen LogP contribution in [0.4, 0.5) is 0 Å². The van der Waals surface area contributed by atoms with E-state index in [9.17, 15) is 0 Å². The number of nitrogens with two attached hydrogens (primary N) is 3. The van der Waals surface area contributed by atoms with Gasteiger partial charge in [-0.05, 0) is 157 Å².